The van der Waals surface area contributed by atoms with Crippen LogP contribution in [0.1, 0.15) is 47.2 Å². The highest BCUT2D eigenvalue weighted by Gasteiger charge is 2.40. The van der Waals surface area contributed by atoms with Crippen LogP contribution in [0.15, 0.2) is 6.07 Å². The number of piperidine rings is 1. The van der Waals surface area contributed by atoms with Gasteiger partial charge in [0.05, 0.1) is 19.8 Å². The average Bonchev–Trinajstić information content (AvgIpc) is 2.53. The molecule has 1 aromatic carbocycles. The number of likely N-dealkylation sites (tertiary alicyclic amines) is 1. The van der Waals surface area contributed by atoms with E-state index in [1.165, 1.54) is 0 Å². The molecule has 0 aromatic heterocycles. The summed E-state index contributed by atoms with van der Waals surface area (Å²) in [5, 5.41) is 0. The van der Waals surface area contributed by atoms with E-state index in [2.05, 4.69) is 24.9 Å². The maximum Gasteiger partial charge on any atom is 0.167 e. The molecule has 2 atom stereocenters. The number of rotatable bonds is 3. The monoisotopic (exact) mass is 303 g/mol. The maximum absolute atomic E-state index is 12.7. The van der Waals surface area contributed by atoms with Crippen molar-refractivity contribution in [2.24, 2.45) is 5.92 Å². The normalized spacial score (nSPS) is 24.6. The molecule has 0 amide bonds. The number of likely N-dealkylation sites (N-methyl/N-ethyl adjacent to an activating group) is 1. The van der Waals surface area contributed by atoms with Crippen LogP contribution < -0.4 is 9.47 Å². The maximum atomic E-state index is 12.7. The zero-order valence-corrected chi connectivity index (χ0v) is 13.9. The van der Waals surface area contributed by atoms with Gasteiger partial charge in [0.1, 0.15) is 11.5 Å². The summed E-state index contributed by atoms with van der Waals surface area (Å²) >= 11 is 0. The standard InChI is InChI=1S/C18H25NO3/c1-5-12-16(21-3)9-13-14-10-19(2)7-6-11(14)8-15(20)17(13)18(12)22-4/h9,11,14H,5-8,10H2,1-4H3. The van der Waals surface area contributed by atoms with E-state index in [4.69, 9.17) is 9.47 Å². The molecule has 0 bridgehead atoms. The molecule has 2 unspecified atom stereocenters. The van der Waals surface area contributed by atoms with Crippen LogP contribution in [-0.4, -0.2) is 45.0 Å². The summed E-state index contributed by atoms with van der Waals surface area (Å²) in [6.45, 7) is 4.14. The predicted molar refractivity (Wildman–Crippen MR) is 86.2 cm³/mol. The molecule has 1 aromatic rings. The zero-order valence-electron chi connectivity index (χ0n) is 13.9. The molecule has 120 valence electrons. The zero-order chi connectivity index (χ0) is 15.9. The lowest BCUT2D eigenvalue weighted by Gasteiger charge is -2.41. The summed E-state index contributed by atoms with van der Waals surface area (Å²) in [6, 6.07) is 2.09. The summed E-state index contributed by atoms with van der Waals surface area (Å²) in [5.74, 6) is 2.67. The molecule has 2 aliphatic rings. The van der Waals surface area contributed by atoms with Gasteiger partial charge in [0.2, 0.25) is 0 Å². The third kappa shape index (κ3) is 2.30. The van der Waals surface area contributed by atoms with Crippen LogP contribution in [0.5, 0.6) is 11.5 Å². The third-order valence-corrected chi connectivity index (χ3v) is 5.24. The van der Waals surface area contributed by atoms with E-state index >= 15 is 0 Å². The van der Waals surface area contributed by atoms with Crippen LogP contribution in [0, 0.1) is 5.92 Å². The van der Waals surface area contributed by atoms with E-state index in [9.17, 15) is 4.79 Å². The number of Topliss-reactive ketones (excluding diaryl/α,β-unsaturated/α-hetero) is 1. The number of nitrogens with zero attached hydrogens (tertiary/aromatic N) is 1. The van der Waals surface area contributed by atoms with Gasteiger partial charge < -0.3 is 14.4 Å². The number of hydrogen-bond acceptors (Lipinski definition) is 4. The number of fused-ring (bicyclic) bond motifs is 3. The van der Waals surface area contributed by atoms with E-state index in [1.54, 1.807) is 14.2 Å². The van der Waals surface area contributed by atoms with Gasteiger partial charge in [-0.3, -0.25) is 4.79 Å². The Hall–Kier alpha value is -1.55. The van der Waals surface area contributed by atoms with Crippen molar-refractivity contribution in [1.82, 2.24) is 4.90 Å². The van der Waals surface area contributed by atoms with Crippen LogP contribution in [0.2, 0.25) is 0 Å². The molecule has 0 N–H and O–H groups in total. The van der Waals surface area contributed by atoms with Gasteiger partial charge in [0.25, 0.3) is 0 Å². The first-order chi connectivity index (χ1) is 10.6. The van der Waals surface area contributed by atoms with E-state index in [1.807, 2.05) is 0 Å². The number of carbonyl (C=O) groups is 1. The lowest BCUT2D eigenvalue weighted by atomic mass is 9.70. The Morgan fingerprint density at radius 3 is 2.73 bits per heavy atom. The minimum absolute atomic E-state index is 0.231. The molecule has 0 spiro atoms. The van der Waals surface area contributed by atoms with Gasteiger partial charge in [-0.05, 0) is 44.0 Å². The second-order valence-corrected chi connectivity index (χ2v) is 6.45. The first kappa shape index (κ1) is 15.3. The van der Waals surface area contributed by atoms with Gasteiger partial charge in [-0.15, -0.1) is 0 Å². The number of ketones is 1. The van der Waals surface area contributed by atoms with Gasteiger partial charge in [0.15, 0.2) is 5.78 Å². The summed E-state index contributed by atoms with van der Waals surface area (Å²) < 4.78 is 11.2. The fourth-order valence-electron chi connectivity index (χ4n) is 4.12. The fraction of sp³-hybridized carbons (Fsp3) is 0.611. The average molecular weight is 303 g/mol. The number of hydrogen-bond donors (Lipinski definition) is 0. The highest BCUT2D eigenvalue weighted by Crippen LogP contribution is 2.47. The largest absolute Gasteiger partial charge is 0.496 e. The second kappa shape index (κ2) is 5.92. The van der Waals surface area contributed by atoms with Crippen LogP contribution in [0.4, 0.5) is 0 Å². The van der Waals surface area contributed by atoms with Crippen molar-refractivity contribution in [2.45, 2.75) is 32.1 Å². The number of ether oxygens (including phenoxy) is 2. The van der Waals surface area contributed by atoms with Gasteiger partial charge >= 0.3 is 0 Å². The van der Waals surface area contributed by atoms with Crippen LogP contribution >= 0.6 is 0 Å². The predicted octanol–water partition coefficient (Wildman–Crippen LogP) is 2.89. The van der Waals surface area contributed by atoms with E-state index in [-0.39, 0.29) is 5.78 Å². The smallest absolute Gasteiger partial charge is 0.167 e. The number of benzene rings is 1. The van der Waals surface area contributed by atoms with Crippen LogP contribution in [-0.2, 0) is 6.42 Å². The molecule has 4 nitrogen and oxygen atoms in total. The first-order valence-corrected chi connectivity index (χ1v) is 8.10. The summed E-state index contributed by atoms with van der Waals surface area (Å²) in [6.07, 6.45) is 2.53. The molecule has 22 heavy (non-hydrogen) atoms. The molecule has 1 saturated heterocycles. The first-order valence-electron chi connectivity index (χ1n) is 8.10. The van der Waals surface area contributed by atoms with E-state index in [0.717, 1.165) is 54.1 Å². The Kier molecular flexibility index (Phi) is 4.13. The summed E-state index contributed by atoms with van der Waals surface area (Å²) in [5.41, 5.74) is 2.93. The number of carbonyl (C=O) groups excluding carboxylic acids is 1. The Balaban J connectivity index is 2.19. The summed E-state index contributed by atoms with van der Waals surface area (Å²) in [7, 11) is 5.50. The molecule has 1 aliphatic heterocycles. The van der Waals surface area contributed by atoms with Gasteiger partial charge in [-0.1, -0.05) is 6.92 Å². The lowest BCUT2D eigenvalue weighted by molar-refractivity contribution is 0.0882. The van der Waals surface area contributed by atoms with Gasteiger partial charge in [-0.25, -0.2) is 0 Å². The Morgan fingerprint density at radius 2 is 2.09 bits per heavy atom. The molecule has 4 heteroatoms. The van der Waals surface area contributed by atoms with Gasteiger partial charge in [0, 0.05) is 24.4 Å². The topological polar surface area (TPSA) is 38.8 Å². The van der Waals surface area contributed by atoms with Crippen molar-refractivity contribution >= 4 is 5.78 Å². The lowest BCUT2D eigenvalue weighted by Crippen LogP contribution is -2.40. The van der Waals surface area contributed by atoms with Crippen LogP contribution in [0.25, 0.3) is 0 Å². The molecule has 3 rings (SSSR count). The fourth-order valence-corrected chi connectivity index (χ4v) is 4.12. The van der Waals surface area contributed by atoms with Crippen molar-refractivity contribution in [1.29, 1.82) is 0 Å². The SMILES string of the molecule is CCc1c(OC)cc2c(c1OC)C(=O)CC1CCN(C)CC21. The van der Waals surface area contributed by atoms with Gasteiger partial charge in [-0.2, -0.15) is 0 Å². The Morgan fingerprint density at radius 1 is 1.32 bits per heavy atom. The Labute approximate surface area is 132 Å². The highest BCUT2D eigenvalue weighted by molar-refractivity contribution is 6.02. The van der Waals surface area contributed by atoms with Crippen molar-refractivity contribution in [2.75, 3.05) is 34.4 Å². The Bertz CT molecular complexity index is 596. The van der Waals surface area contributed by atoms with E-state index in [0.29, 0.717) is 18.3 Å². The minimum atomic E-state index is 0.231. The third-order valence-electron chi connectivity index (χ3n) is 5.24. The second-order valence-electron chi connectivity index (χ2n) is 6.45. The van der Waals surface area contributed by atoms with E-state index < -0.39 is 0 Å². The van der Waals surface area contributed by atoms with Crippen molar-refractivity contribution in [3.63, 3.8) is 0 Å². The van der Waals surface area contributed by atoms with Crippen molar-refractivity contribution in [3.8, 4) is 11.5 Å². The molecular formula is C18H25NO3. The van der Waals surface area contributed by atoms with Crippen molar-refractivity contribution < 1.29 is 14.3 Å². The summed E-state index contributed by atoms with van der Waals surface area (Å²) in [4.78, 5) is 15.1. The molecule has 1 aliphatic carbocycles. The van der Waals surface area contributed by atoms with Crippen molar-refractivity contribution in [3.05, 3.63) is 22.8 Å². The highest BCUT2D eigenvalue weighted by atomic mass is 16.5. The molecule has 1 heterocycles. The molecule has 1 fully saturated rings. The molecule has 0 saturated carbocycles. The minimum Gasteiger partial charge on any atom is -0.496 e. The molecule has 0 radical (unpaired) electrons. The quantitative estimate of drug-likeness (QED) is 0.860. The van der Waals surface area contributed by atoms with Crippen LogP contribution in [0.3, 0.4) is 0 Å². The number of methoxy groups -OCH3 is 2. The molecular weight excluding hydrogens is 278 g/mol.